The van der Waals surface area contributed by atoms with Gasteiger partial charge in [0.1, 0.15) is 5.75 Å². The van der Waals surface area contributed by atoms with Crippen molar-refractivity contribution < 1.29 is 24.1 Å². The second-order valence-electron chi connectivity index (χ2n) is 3.36. The molecule has 5 nitrogen and oxygen atoms in total. The monoisotopic (exact) mass is 240 g/mol. The number of carbonyl (C=O) groups is 1. The van der Waals surface area contributed by atoms with Gasteiger partial charge in [0.25, 0.3) is 0 Å². The fourth-order valence-electron chi connectivity index (χ4n) is 1.30. The largest absolute Gasteiger partial charge is 0.497 e. The van der Waals surface area contributed by atoms with E-state index in [1.165, 1.54) is 0 Å². The summed E-state index contributed by atoms with van der Waals surface area (Å²) in [6.07, 6.45) is 0.544. The number of carboxylic acid groups (broad SMARTS) is 1. The molecule has 0 fully saturated rings. The second-order valence-corrected chi connectivity index (χ2v) is 3.36. The Morgan fingerprint density at radius 2 is 2.00 bits per heavy atom. The van der Waals surface area contributed by atoms with Crippen LogP contribution in [0.3, 0.4) is 0 Å². The van der Waals surface area contributed by atoms with E-state index >= 15 is 0 Å². The molecule has 0 amide bonds. The first-order valence-corrected chi connectivity index (χ1v) is 5.24. The van der Waals surface area contributed by atoms with E-state index < -0.39 is 5.97 Å². The number of hydrogen-bond acceptors (Lipinski definition) is 4. The second kappa shape index (κ2) is 6.62. The van der Waals surface area contributed by atoms with Crippen molar-refractivity contribution in [1.82, 2.24) is 0 Å². The topological polar surface area (TPSA) is 65.0 Å². The molecule has 0 heterocycles. The van der Waals surface area contributed by atoms with E-state index in [-0.39, 0.29) is 6.42 Å². The van der Waals surface area contributed by atoms with Gasteiger partial charge in [-0.1, -0.05) is 0 Å². The average molecular weight is 240 g/mol. The number of benzene rings is 1. The first kappa shape index (κ1) is 13.2. The summed E-state index contributed by atoms with van der Waals surface area (Å²) >= 11 is 0. The van der Waals surface area contributed by atoms with Crippen molar-refractivity contribution in [3.05, 3.63) is 18.2 Å². The van der Waals surface area contributed by atoms with Crippen LogP contribution in [-0.2, 0) is 4.79 Å². The highest BCUT2D eigenvalue weighted by atomic mass is 16.5. The van der Waals surface area contributed by atoms with Crippen molar-refractivity contribution in [3.63, 3.8) is 0 Å². The minimum Gasteiger partial charge on any atom is -0.497 e. The quantitative estimate of drug-likeness (QED) is 0.738. The lowest BCUT2D eigenvalue weighted by Gasteiger charge is -2.11. The van der Waals surface area contributed by atoms with Crippen molar-refractivity contribution in [2.24, 2.45) is 0 Å². The van der Waals surface area contributed by atoms with E-state index in [9.17, 15) is 4.79 Å². The van der Waals surface area contributed by atoms with Crippen molar-refractivity contribution in [3.8, 4) is 17.2 Å². The third-order valence-electron chi connectivity index (χ3n) is 2.16. The molecule has 0 radical (unpaired) electrons. The van der Waals surface area contributed by atoms with E-state index in [0.29, 0.717) is 30.3 Å². The minimum atomic E-state index is -0.828. The molecule has 1 aromatic rings. The summed E-state index contributed by atoms with van der Waals surface area (Å²) in [5.41, 5.74) is 0. The summed E-state index contributed by atoms with van der Waals surface area (Å²) in [4.78, 5) is 10.3. The van der Waals surface area contributed by atoms with Crippen LogP contribution in [0.1, 0.15) is 12.8 Å². The van der Waals surface area contributed by atoms with Gasteiger partial charge < -0.3 is 19.3 Å². The summed E-state index contributed by atoms with van der Waals surface area (Å²) in [7, 11) is 3.11. The van der Waals surface area contributed by atoms with Crippen molar-refractivity contribution in [2.45, 2.75) is 12.8 Å². The first-order chi connectivity index (χ1) is 8.17. The van der Waals surface area contributed by atoms with E-state index in [0.717, 1.165) is 0 Å². The Balaban J connectivity index is 2.58. The van der Waals surface area contributed by atoms with Gasteiger partial charge in [-0.3, -0.25) is 4.79 Å². The molecule has 1 N–H and O–H groups in total. The molecule has 0 unspecified atom stereocenters. The number of carboxylic acids is 1. The van der Waals surface area contributed by atoms with Crippen LogP contribution in [-0.4, -0.2) is 31.9 Å². The maximum atomic E-state index is 10.3. The van der Waals surface area contributed by atoms with Gasteiger partial charge in [0.15, 0.2) is 11.5 Å². The molecule has 0 atom stereocenters. The Hall–Kier alpha value is -1.91. The summed E-state index contributed by atoms with van der Waals surface area (Å²) < 4.78 is 15.6. The zero-order valence-electron chi connectivity index (χ0n) is 9.93. The molecule has 0 saturated carbocycles. The number of hydrogen-bond donors (Lipinski definition) is 1. The number of ether oxygens (including phenoxy) is 3. The average Bonchev–Trinajstić information content (AvgIpc) is 2.34. The zero-order valence-corrected chi connectivity index (χ0v) is 9.93. The molecular weight excluding hydrogens is 224 g/mol. The van der Waals surface area contributed by atoms with E-state index in [1.807, 2.05) is 0 Å². The molecule has 0 spiro atoms. The zero-order chi connectivity index (χ0) is 12.7. The lowest BCUT2D eigenvalue weighted by Crippen LogP contribution is -2.03. The normalized spacial score (nSPS) is 9.76. The first-order valence-electron chi connectivity index (χ1n) is 5.24. The smallest absolute Gasteiger partial charge is 0.303 e. The molecule has 94 valence electrons. The predicted molar refractivity (Wildman–Crippen MR) is 61.9 cm³/mol. The summed E-state index contributed by atoms with van der Waals surface area (Å²) in [6.45, 7) is 0.329. The van der Waals surface area contributed by atoms with Gasteiger partial charge in [0.05, 0.1) is 20.8 Å². The fraction of sp³-hybridized carbons (Fsp3) is 0.417. The summed E-state index contributed by atoms with van der Waals surface area (Å²) in [6, 6.07) is 5.22. The highest BCUT2D eigenvalue weighted by Crippen LogP contribution is 2.31. The molecule has 1 rings (SSSR count). The number of aliphatic carboxylic acids is 1. The molecule has 5 heteroatoms. The maximum absolute atomic E-state index is 10.3. The van der Waals surface area contributed by atoms with Gasteiger partial charge in [-0.05, 0) is 18.6 Å². The van der Waals surface area contributed by atoms with E-state index in [2.05, 4.69) is 0 Å². The molecular formula is C12H16O5. The van der Waals surface area contributed by atoms with Crippen molar-refractivity contribution >= 4 is 5.97 Å². The van der Waals surface area contributed by atoms with Crippen LogP contribution in [0.25, 0.3) is 0 Å². The Morgan fingerprint density at radius 3 is 2.59 bits per heavy atom. The third kappa shape index (κ3) is 4.22. The number of rotatable bonds is 7. The maximum Gasteiger partial charge on any atom is 0.303 e. The highest BCUT2D eigenvalue weighted by molar-refractivity contribution is 5.66. The Kier molecular flexibility index (Phi) is 5.13. The van der Waals surface area contributed by atoms with Crippen LogP contribution in [0.15, 0.2) is 18.2 Å². The van der Waals surface area contributed by atoms with Crippen molar-refractivity contribution in [1.29, 1.82) is 0 Å². The molecule has 1 aromatic carbocycles. The molecule has 0 aliphatic carbocycles. The predicted octanol–water partition coefficient (Wildman–Crippen LogP) is 1.95. The van der Waals surface area contributed by atoms with E-state index in [1.54, 1.807) is 32.4 Å². The SMILES string of the molecule is COc1ccc(OC)c(OCCCC(=O)O)c1. The molecule has 0 bridgehead atoms. The Morgan fingerprint density at radius 1 is 1.24 bits per heavy atom. The van der Waals surface area contributed by atoms with Gasteiger partial charge in [-0.25, -0.2) is 0 Å². The van der Waals surface area contributed by atoms with Gasteiger partial charge in [-0.15, -0.1) is 0 Å². The molecule has 0 aliphatic rings. The van der Waals surface area contributed by atoms with Crippen LogP contribution < -0.4 is 14.2 Å². The van der Waals surface area contributed by atoms with Crippen LogP contribution >= 0.6 is 0 Å². The number of methoxy groups -OCH3 is 2. The fourth-order valence-corrected chi connectivity index (χ4v) is 1.30. The lowest BCUT2D eigenvalue weighted by atomic mass is 10.3. The molecule has 0 saturated heterocycles. The molecule has 0 aliphatic heterocycles. The van der Waals surface area contributed by atoms with Crippen LogP contribution in [0, 0.1) is 0 Å². The highest BCUT2D eigenvalue weighted by Gasteiger charge is 2.06. The van der Waals surface area contributed by atoms with E-state index in [4.69, 9.17) is 19.3 Å². The van der Waals surface area contributed by atoms with Crippen LogP contribution in [0.5, 0.6) is 17.2 Å². The van der Waals surface area contributed by atoms with Crippen LogP contribution in [0.4, 0.5) is 0 Å². The van der Waals surface area contributed by atoms with Gasteiger partial charge >= 0.3 is 5.97 Å². The standard InChI is InChI=1S/C12H16O5/c1-15-9-5-6-10(16-2)11(8-9)17-7-3-4-12(13)14/h5-6,8H,3-4,7H2,1-2H3,(H,13,14). The Labute approximate surface area is 99.9 Å². The summed E-state index contributed by atoms with van der Waals surface area (Å²) in [5.74, 6) is 0.989. The van der Waals surface area contributed by atoms with Gasteiger partial charge in [0, 0.05) is 12.5 Å². The minimum absolute atomic E-state index is 0.0896. The molecule has 0 aromatic heterocycles. The van der Waals surface area contributed by atoms with Gasteiger partial charge in [-0.2, -0.15) is 0 Å². The van der Waals surface area contributed by atoms with Crippen molar-refractivity contribution in [2.75, 3.05) is 20.8 Å². The van der Waals surface area contributed by atoms with Crippen LogP contribution in [0.2, 0.25) is 0 Å². The summed E-state index contributed by atoms with van der Waals surface area (Å²) in [5, 5.41) is 8.49. The molecule has 17 heavy (non-hydrogen) atoms. The third-order valence-corrected chi connectivity index (χ3v) is 2.16. The van der Waals surface area contributed by atoms with Gasteiger partial charge in [0.2, 0.25) is 0 Å². The Bertz CT molecular complexity index is 375. The lowest BCUT2D eigenvalue weighted by molar-refractivity contribution is -0.137.